The summed E-state index contributed by atoms with van der Waals surface area (Å²) in [5.41, 5.74) is 0.996. The predicted octanol–water partition coefficient (Wildman–Crippen LogP) is 2.46. The van der Waals surface area contributed by atoms with Crippen molar-refractivity contribution in [1.82, 2.24) is 15.1 Å². The molecule has 2 heterocycles. The van der Waals surface area contributed by atoms with Crippen LogP contribution in [0, 0.1) is 0 Å². The normalized spacial score (nSPS) is 26.9. The largest absolute Gasteiger partial charge is 0.295 e. The molecule has 1 aliphatic heterocycles. The van der Waals surface area contributed by atoms with Gasteiger partial charge in [-0.3, -0.25) is 4.90 Å². The van der Waals surface area contributed by atoms with Gasteiger partial charge in [0.15, 0.2) is 5.15 Å². The lowest BCUT2D eigenvalue weighted by Crippen LogP contribution is -2.39. The van der Waals surface area contributed by atoms with Crippen molar-refractivity contribution in [3.05, 3.63) is 23.0 Å². The summed E-state index contributed by atoms with van der Waals surface area (Å²) in [6, 6.07) is 3.75. The minimum atomic E-state index is 0.458. The van der Waals surface area contributed by atoms with Crippen LogP contribution in [0.4, 0.5) is 0 Å². The van der Waals surface area contributed by atoms with Crippen LogP contribution in [0.1, 0.15) is 19.5 Å². The second-order valence-corrected chi connectivity index (χ2v) is 6.57. The highest BCUT2D eigenvalue weighted by Gasteiger charge is 2.22. The summed E-state index contributed by atoms with van der Waals surface area (Å²) < 4.78 is 0. The number of rotatable bonds is 2. The van der Waals surface area contributed by atoms with Gasteiger partial charge in [0.25, 0.3) is 0 Å². The second-order valence-electron chi connectivity index (χ2n) is 4.30. The fraction of sp³-hybridized carbons (Fsp3) is 0.636. The summed E-state index contributed by atoms with van der Waals surface area (Å²) in [6.45, 7) is 7.68. The topological polar surface area (TPSA) is 29.0 Å². The molecule has 1 saturated heterocycles. The van der Waals surface area contributed by atoms with Gasteiger partial charge >= 0.3 is 0 Å². The van der Waals surface area contributed by atoms with E-state index in [0.717, 1.165) is 25.3 Å². The van der Waals surface area contributed by atoms with Crippen LogP contribution in [0.2, 0.25) is 5.15 Å². The lowest BCUT2D eigenvalue weighted by atomic mass is 10.3. The first kappa shape index (κ1) is 12.1. The molecule has 1 aromatic heterocycles. The van der Waals surface area contributed by atoms with Crippen molar-refractivity contribution in [2.24, 2.45) is 0 Å². The van der Waals surface area contributed by atoms with Gasteiger partial charge in [0.05, 0.1) is 5.69 Å². The third-order valence-corrected chi connectivity index (χ3v) is 4.00. The molecule has 16 heavy (non-hydrogen) atoms. The molecule has 3 nitrogen and oxygen atoms in total. The Hall–Kier alpha value is -0.320. The van der Waals surface area contributed by atoms with E-state index in [-0.39, 0.29) is 0 Å². The molecule has 88 valence electrons. The molecule has 1 fully saturated rings. The highest BCUT2D eigenvalue weighted by molar-refractivity contribution is 8.00. The zero-order valence-electron chi connectivity index (χ0n) is 9.56. The van der Waals surface area contributed by atoms with Gasteiger partial charge in [-0.1, -0.05) is 25.4 Å². The monoisotopic (exact) mass is 257 g/mol. The van der Waals surface area contributed by atoms with Crippen molar-refractivity contribution >= 4 is 23.4 Å². The van der Waals surface area contributed by atoms with Gasteiger partial charge in [-0.25, -0.2) is 0 Å². The molecule has 2 rings (SSSR count). The maximum atomic E-state index is 5.71. The lowest BCUT2D eigenvalue weighted by Gasteiger charge is -2.34. The molecule has 0 N–H and O–H groups in total. The Morgan fingerprint density at radius 2 is 2.00 bits per heavy atom. The average Bonchev–Trinajstić information content (AvgIpc) is 2.20. The van der Waals surface area contributed by atoms with Crippen LogP contribution in [0.5, 0.6) is 0 Å². The van der Waals surface area contributed by atoms with Gasteiger partial charge in [0.2, 0.25) is 0 Å². The van der Waals surface area contributed by atoms with Gasteiger partial charge < -0.3 is 0 Å². The first-order valence-electron chi connectivity index (χ1n) is 5.49. The smallest absolute Gasteiger partial charge is 0.151 e. The van der Waals surface area contributed by atoms with Crippen LogP contribution in [-0.4, -0.2) is 38.7 Å². The minimum absolute atomic E-state index is 0.458. The van der Waals surface area contributed by atoms with Gasteiger partial charge in [-0.15, -0.1) is 5.10 Å². The van der Waals surface area contributed by atoms with Crippen LogP contribution in [0.3, 0.4) is 0 Å². The number of thioether (sulfide) groups is 1. The molecule has 0 aromatic carbocycles. The van der Waals surface area contributed by atoms with Crippen molar-refractivity contribution in [3.63, 3.8) is 0 Å². The maximum absolute atomic E-state index is 5.71. The van der Waals surface area contributed by atoms with Crippen molar-refractivity contribution in [2.45, 2.75) is 30.9 Å². The summed E-state index contributed by atoms with van der Waals surface area (Å²) in [7, 11) is 0. The molecule has 5 heteroatoms. The summed E-state index contributed by atoms with van der Waals surface area (Å²) >= 11 is 7.77. The maximum Gasteiger partial charge on any atom is 0.151 e. The highest BCUT2D eigenvalue weighted by Crippen LogP contribution is 2.25. The third kappa shape index (κ3) is 3.34. The summed E-state index contributed by atoms with van der Waals surface area (Å²) in [6.07, 6.45) is 0. The van der Waals surface area contributed by atoms with Crippen LogP contribution in [0.25, 0.3) is 0 Å². The number of aromatic nitrogens is 2. The van der Waals surface area contributed by atoms with E-state index >= 15 is 0 Å². The molecule has 0 bridgehead atoms. The molecule has 2 unspecified atom stereocenters. The minimum Gasteiger partial charge on any atom is -0.295 e. The van der Waals surface area contributed by atoms with Crippen LogP contribution in [-0.2, 0) is 6.54 Å². The van der Waals surface area contributed by atoms with Crippen LogP contribution >= 0.6 is 23.4 Å². The van der Waals surface area contributed by atoms with Crippen molar-refractivity contribution in [2.75, 3.05) is 13.1 Å². The fourth-order valence-electron chi connectivity index (χ4n) is 2.07. The zero-order chi connectivity index (χ0) is 11.5. The van der Waals surface area contributed by atoms with Crippen molar-refractivity contribution in [3.8, 4) is 0 Å². The molecular formula is C11H16ClN3S. The Balaban J connectivity index is 1.96. The van der Waals surface area contributed by atoms with Crippen molar-refractivity contribution in [1.29, 1.82) is 0 Å². The summed E-state index contributed by atoms with van der Waals surface area (Å²) in [5, 5.41) is 9.81. The fourth-order valence-corrected chi connectivity index (χ4v) is 3.56. The Labute approximate surface area is 106 Å². The Kier molecular flexibility index (Phi) is 4.05. The molecule has 0 spiro atoms. The van der Waals surface area contributed by atoms with Gasteiger partial charge in [-0.2, -0.15) is 16.9 Å². The number of hydrogen-bond donors (Lipinski definition) is 0. The van der Waals surface area contributed by atoms with Crippen LogP contribution in [0.15, 0.2) is 12.1 Å². The summed E-state index contributed by atoms with van der Waals surface area (Å²) in [5.74, 6) is 0. The Morgan fingerprint density at radius 3 is 2.56 bits per heavy atom. The summed E-state index contributed by atoms with van der Waals surface area (Å²) in [4.78, 5) is 2.43. The van der Waals surface area contributed by atoms with E-state index in [1.54, 1.807) is 6.07 Å². The van der Waals surface area contributed by atoms with Gasteiger partial charge in [-0.05, 0) is 12.1 Å². The average molecular weight is 258 g/mol. The highest BCUT2D eigenvalue weighted by atomic mass is 35.5. The molecule has 0 aliphatic carbocycles. The van der Waals surface area contributed by atoms with E-state index in [9.17, 15) is 0 Å². The first-order chi connectivity index (χ1) is 7.63. The van der Waals surface area contributed by atoms with E-state index in [4.69, 9.17) is 11.6 Å². The van der Waals surface area contributed by atoms with E-state index in [1.807, 2.05) is 6.07 Å². The number of nitrogens with zero attached hydrogens (tertiary/aromatic N) is 3. The molecule has 0 saturated carbocycles. The quantitative estimate of drug-likeness (QED) is 0.814. The molecule has 2 atom stereocenters. The molecule has 1 aromatic rings. The van der Waals surface area contributed by atoms with E-state index in [1.165, 1.54) is 0 Å². The van der Waals surface area contributed by atoms with E-state index in [0.29, 0.717) is 15.7 Å². The number of hydrogen-bond acceptors (Lipinski definition) is 4. The number of halogens is 1. The molecule has 1 aliphatic rings. The predicted molar refractivity (Wildman–Crippen MR) is 68.8 cm³/mol. The molecule has 0 radical (unpaired) electrons. The SMILES string of the molecule is CC1CN(Cc2ccc(Cl)nn2)CC(C)S1. The van der Waals surface area contributed by atoms with E-state index < -0.39 is 0 Å². The lowest BCUT2D eigenvalue weighted by molar-refractivity contribution is 0.259. The Morgan fingerprint density at radius 1 is 1.31 bits per heavy atom. The third-order valence-electron chi connectivity index (χ3n) is 2.57. The Bertz CT molecular complexity index is 334. The zero-order valence-corrected chi connectivity index (χ0v) is 11.1. The van der Waals surface area contributed by atoms with Crippen molar-refractivity contribution < 1.29 is 0 Å². The molecular weight excluding hydrogens is 242 g/mol. The standard InChI is InChI=1S/C11H16ClN3S/c1-8-5-15(6-9(2)16-8)7-10-3-4-11(12)14-13-10/h3-4,8-9H,5-7H2,1-2H3. The second kappa shape index (κ2) is 5.34. The van der Waals surface area contributed by atoms with Gasteiger partial charge in [0.1, 0.15) is 0 Å². The van der Waals surface area contributed by atoms with Crippen LogP contribution < -0.4 is 0 Å². The first-order valence-corrected chi connectivity index (χ1v) is 6.81. The molecule has 0 amide bonds. The van der Waals surface area contributed by atoms with Gasteiger partial charge in [0, 0.05) is 30.1 Å². The van der Waals surface area contributed by atoms with E-state index in [2.05, 4.69) is 40.7 Å².